The van der Waals surface area contributed by atoms with Gasteiger partial charge in [-0.2, -0.15) is 0 Å². The van der Waals surface area contributed by atoms with Crippen LogP contribution in [0.15, 0.2) is 109 Å². The van der Waals surface area contributed by atoms with Crippen LogP contribution in [0.25, 0.3) is 10.9 Å². The van der Waals surface area contributed by atoms with Crippen molar-refractivity contribution in [3.05, 3.63) is 137 Å². The summed E-state index contributed by atoms with van der Waals surface area (Å²) >= 11 is 0. The monoisotopic (exact) mass is 1200 g/mol. The zero-order valence-electron chi connectivity index (χ0n) is 48.6. The summed E-state index contributed by atoms with van der Waals surface area (Å²) in [5.74, 6) is -9.96. The molecule has 25 nitrogen and oxygen atoms in total. The number of carbonyl (C=O) groups is 11. The Balaban J connectivity index is 1.25. The molecule has 2 saturated heterocycles. The Morgan fingerprint density at radius 1 is 0.575 bits per heavy atom. The molecule has 7 atom stereocenters. The van der Waals surface area contributed by atoms with E-state index >= 15 is 0 Å². The number of rotatable bonds is 15. The minimum Gasteiger partial charge on any atom is -0.508 e. The molecule has 3 heterocycles. The average Bonchev–Trinajstić information content (AvgIpc) is 4.41. The van der Waals surface area contributed by atoms with Crippen LogP contribution >= 0.6 is 0 Å². The number of nitrogens with one attached hydrogen (secondary N) is 9. The molecule has 5 aromatic rings. The number of amides is 10. The van der Waals surface area contributed by atoms with E-state index in [0.29, 0.717) is 35.1 Å². The molecule has 0 radical (unpaired) electrons. The predicted octanol–water partition coefficient (Wildman–Crippen LogP) is 0.262. The van der Waals surface area contributed by atoms with Crippen LogP contribution in [0, 0.1) is 0 Å². The second-order valence-corrected chi connectivity index (χ2v) is 21.7. The average molecular weight is 1200 g/mol. The maximum Gasteiger partial charge on any atom is 0.305 e. The number of carboxylic acid groups (broad SMARTS) is 1. The van der Waals surface area contributed by atoms with E-state index in [1.807, 2.05) is 25.1 Å². The number of aliphatic carboxylic acids is 1. The summed E-state index contributed by atoms with van der Waals surface area (Å²) in [5.41, 5.74) is 9.69. The number of likely N-dealkylation sites (N-methyl/N-ethyl adjacent to an activating group) is 1. The molecule has 87 heavy (non-hydrogen) atoms. The Morgan fingerprint density at radius 2 is 1.14 bits per heavy atom. The highest BCUT2D eigenvalue weighted by Gasteiger charge is 2.40. The topological polar surface area (TPSA) is 373 Å². The number of nitrogens with zero attached hydrogens (tertiary/aromatic N) is 2. The third-order valence-corrected chi connectivity index (χ3v) is 15.4. The molecule has 25 heteroatoms. The maximum atomic E-state index is 14.9. The largest absolute Gasteiger partial charge is 0.508 e. The van der Waals surface area contributed by atoms with Crippen LogP contribution in [0.3, 0.4) is 0 Å². The molecule has 4 aromatic carbocycles. The fraction of sp³-hybridized carbons (Fsp3) is 0.403. The standard InChI is InChI=1S/C62H76N12O13/c1-3-4-6-16-45-57(82)70-48(30-41-33-64-44-15-10-9-14-43(41)44)56(81)66-35-53(77)68-46(27-39-22-24-42(75)25-23-39)58(83)72-49(31-55(79)80)62(87)74-26-11-17-50(74)60(85)67-34-52(76)65-36-54(78)73(2)51(29-37-12-7-5-8-13-37)61(86)71-47(59(84)69-45)28-38-18-20-40(32-63)21-19-38/h5,7-10,12-15,18-25,33,45-51,64,75H,3-4,6,11,16-17,26-32,34-36,63H2,1-2H3,(H,65,76)(H,66,81)(H,67,85)(H,68,77)(H,69,84)(H,70,82)(H,71,86)(H,72,83)(H,79,80)/t45-,46-,47-,48-,49-,50+,51-/m0/s1. The van der Waals surface area contributed by atoms with Crippen molar-refractivity contribution in [2.45, 2.75) is 126 Å². The van der Waals surface area contributed by atoms with Crippen molar-refractivity contribution < 1.29 is 63.0 Å². The number of carboxylic acids is 1. The van der Waals surface area contributed by atoms with Crippen molar-refractivity contribution >= 4 is 75.9 Å². The van der Waals surface area contributed by atoms with E-state index in [4.69, 9.17) is 5.73 Å². The SMILES string of the molecule is CCCCC[C@@H]1NC(=O)[C@H](Cc2ccc(CN)cc2)NC(=O)[C@H](Cc2ccccc2)N(C)C(=O)CNC(=O)CNC(=O)[C@H]2CCCN2C(=O)[C@H](CC(=O)O)NC(=O)[C@H](Cc2ccc(O)cc2)NC(=O)CNC(=O)[C@H](Cc2c[nH]c3ccccc23)NC1=O. The lowest BCUT2D eigenvalue weighted by Gasteiger charge is -2.30. The van der Waals surface area contributed by atoms with Crippen LogP contribution < -0.4 is 48.3 Å². The Morgan fingerprint density at radius 3 is 1.82 bits per heavy atom. The van der Waals surface area contributed by atoms with Gasteiger partial charge >= 0.3 is 5.97 Å². The Labute approximate surface area is 502 Å². The number of fused-ring (bicyclic) bond motifs is 2. The van der Waals surface area contributed by atoms with Crippen molar-refractivity contribution in [1.82, 2.24) is 57.3 Å². The molecular formula is C62H76N12O13. The summed E-state index contributed by atoms with van der Waals surface area (Å²) in [7, 11) is 1.36. The Hall–Kier alpha value is -9.65. The van der Waals surface area contributed by atoms with Crippen LogP contribution in [0.1, 0.15) is 79.7 Å². The van der Waals surface area contributed by atoms with Crippen molar-refractivity contribution in [2.24, 2.45) is 5.73 Å². The van der Waals surface area contributed by atoms with Gasteiger partial charge in [0.2, 0.25) is 59.1 Å². The highest BCUT2D eigenvalue weighted by molar-refractivity contribution is 5.99. The number of aromatic nitrogens is 1. The number of benzene rings is 4. The van der Waals surface area contributed by atoms with Gasteiger partial charge in [0.05, 0.1) is 26.1 Å². The van der Waals surface area contributed by atoms with Crippen molar-refractivity contribution in [1.29, 1.82) is 0 Å². The number of nitrogens with two attached hydrogens (primary N) is 1. The number of phenols is 1. The number of phenolic OH excluding ortho intramolecular Hbond substituents is 1. The number of unbranched alkanes of at least 4 members (excludes halogenated alkanes) is 2. The number of aromatic amines is 1. The van der Waals surface area contributed by atoms with Crippen LogP contribution in [0.2, 0.25) is 0 Å². The molecular weight excluding hydrogens is 1120 g/mol. The summed E-state index contributed by atoms with van der Waals surface area (Å²) in [6, 6.07) is 18.8. The molecule has 0 spiro atoms. The van der Waals surface area contributed by atoms with E-state index in [9.17, 15) is 63.0 Å². The minimum atomic E-state index is -1.77. The fourth-order valence-corrected chi connectivity index (χ4v) is 10.5. The summed E-state index contributed by atoms with van der Waals surface area (Å²) < 4.78 is 0. The molecule has 7 rings (SSSR count). The lowest BCUT2D eigenvalue weighted by atomic mass is 10.00. The van der Waals surface area contributed by atoms with Gasteiger partial charge in [-0.1, -0.05) is 111 Å². The highest BCUT2D eigenvalue weighted by atomic mass is 16.4. The summed E-state index contributed by atoms with van der Waals surface area (Å²) in [4.78, 5) is 160. The van der Waals surface area contributed by atoms with Gasteiger partial charge in [-0.15, -0.1) is 0 Å². The van der Waals surface area contributed by atoms with Crippen LogP contribution in [0.5, 0.6) is 5.75 Å². The summed E-state index contributed by atoms with van der Waals surface area (Å²) in [5, 5.41) is 41.7. The van der Waals surface area contributed by atoms with E-state index in [1.165, 1.54) is 31.3 Å². The zero-order chi connectivity index (χ0) is 62.6. The third-order valence-electron chi connectivity index (χ3n) is 15.4. The first-order valence-electron chi connectivity index (χ1n) is 29.1. The van der Waals surface area contributed by atoms with Gasteiger partial charge in [-0.25, -0.2) is 0 Å². The molecule has 2 aliphatic rings. The number of para-hydroxylation sites is 1. The van der Waals surface area contributed by atoms with Crippen molar-refractivity contribution in [2.75, 3.05) is 33.2 Å². The molecule has 13 N–H and O–H groups in total. The molecule has 2 aliphatic heterocycles. The summed E-state index contributed by atoms with van der Waals surface area (Å²) in [6.45, 7) is 0.0782. The van der Waals surface area contributed by atoms with E-state index in [2.05, 4.69) is 47.5 Å². The van der Waals surface area contributed by atoms with Crippen LogP contribution in [0.4, 0.5) is 0 Å². The first kappa shape index (κ1) is 64.9. The van der Waals surface area contributed by atoms with Gasteiger partial charge in [0.25, 0.3) is 0 Å². The van der Waals surface area contributed by atoms with Gasteiger partial charge in [-0.05, 0) is 65.3 Å². The molecule has 0 aliphatic carbocycles. The maximum absolute atomic E-state index is 14.9. The van der Waals surface area contributed by atoms with Gasteiger partial charge in [0, 0.05) is 62.9 Å². The molecule has 10 amide bonds. The minimum absolute atomic E-state index is 0.0321. The second kappa shape index (κ2) is 31.5. The number of H-pyrrole nitrogens is 1. The molecule has 0 saturated carbocycles. The third kappa shape index (κ3) is 18.7. The normalized spacial score (nSPS) is 22.2. The van der Waals surface area contributed by atoms with Gasteiger partial charge in [-0.3, -0.25) is 52.7 Å². The predicted molar refractivity (Wildman–Crippen MR) is 318 cm³/mol. The second-order valence-electron chi connectivity index (χ2n) is 21.7. The molecule has 1 aromatic heterocycles. The first-order valence-corrected chi connectivity index (χ1v) is 29.1. The highest BCUT2D eigenvalue weighted by Crippen LogP contribution is 2.22. The number of hydrogen-bond acceptors (Lipinski definition) is 13. The Bertz CT molecular complexity index is 3270. The molecule has 2 fully saturated rings. The quantitative estimate of drug-likeness (QED) is 0.0626. The van der Waals surface area contributed by atoms with Crippen LogP contribution in [-0.2, 0) is 85.0 Å². The first-order chi connectivity index (χ1) is 41.8. The fourth-order valence-electron chi connectivity index (χ4n) is 10.5. The number of hydrogen-bond donors (Lipinski definition) is 12. The van der Waals surface area contributed by atoms with Crippen molar-refractivity contribution in [3.63, 3.8) is 0 Å². The zero-order valence-corrected chi connectivity index (χ0v) is 48.6. The van der Waals surface area contributed by atoms with Gasteiger partial charge in [0.1, 0.15) is 48.0 Å². The number of carbonyl (C=O) groups excluding carboxylic acids is 10. The summed E-state index contributed by atoms with van der Waals surface area (Å²) in [6.07, 6.45) is 2.51. The lowest BCUT2D eigenvalue weighted by molar-refractivity contribution is -0.146. The van der Waals surface area contributed by atoms with Gasteiger partial charge < -0.3 is 73.3 Å². The van der Waals surface area contributed by atoms with E-state index in [-0.39, 0.29) is 63.8 Å². The lowest BCUT2D eigenvalue weighted by Crippen LogP contribution is -2.60. The molecule has 0 unspecified atom stereocenters. The van der Waals surface area contributed by atoms with E-state index in [1.54, 1.807) is 66.9 Å². The van der Waals surface area contributed by atoms with Crippen LogP contribution in [-0.4, -0.2) is 166 Å². The van der Waals surface area contributed by atoms with E-state index in [0.717, 1.165) is 32.7 Å². The number of aromatic hydroxyl groups is 1. The smallest absolute Gasteiger partial charge is 0.305 e. The molecule has 462 valence electrons. The van der Waals surface area contributed by atoms with E-state index < -0.39 is 133 Å². The Kier molecular flexibility index (Phi) is 23.5. The van der Waals surface area contributed by atoms with Gasteiger partial charge in [0.15, 0.2) is 0 Å². The molecule has 0 bridgehead atoms. The van der Waals surface area contributed by atoms with Crippen molar-refractivity contribution in [3.8, 4) is 5.75 Å².